The molecular formula is C21H20ClN3O4S2. The van der Waals surface area contributed by atoms with E-state index < -0.39 is 9.84 Å². The molecule has 1 aliphatic rings. The van der Waals surface area contributed by atoms with Crippen molar-refractivity contribution < 1.29 is 18.0 Å². The molecule has 1 atom stereocenters. The van der Waals surface area contributed by atoms with Crippen LogP contribution in [0.4, 0.5) is 5.13 Å². The third-order valence-electron chi connectivity index (χ3n) is 5.19. The number of sulfone groups is 1. The van der Waals surface area contributed by atoms with Crippen molar-refractivity contribution in [2.45, 2.75) is 17.7 Å². The van der Waals surface area contributed by atoms with Crippen molar-refractivity contribution in [3.63, 3.8) is 0 Å². The van der Waals surface area contributed by atoms with Gasteiger partial charge in [-0.25, -0.2) is 13.4 Å². The largest absolute Gasteiger partial charge is 0.338 e. The SMILES string of the molecule is CS(=O)(=O)c1ccc2nc(NC(=O)[C@@H]3CCCN(C(=O)c4ccc(Cl)cc4)C3)sc2c1. The molecule has 1 aliphatic heterocycles. The average molecular weight is 478 g/mol. The van der Waals surface area contributed by atoms with Crippen LogP contribution in [0.5, 0.6) is 0 Å². The average Bonchev–Trinajstić information content (AvgIpc) is 3.14. The van der Waals surface area contributed by atoms with E-state index in [2.05, 4.69) is 10.3 Å². The smallest absolute Gasteiger partial charge is 0.253 e. The number of nitrogens with one attached hydrogen (secondary N) is 1. The molecule has 7 nitrogen and oxygen atoms in total. The van der Waals surface area contributed by atoms with Gasteiger partial charge in [-0.15, -0.1) is 0 Å². The van der Waals surface area contributed by atoms with Crippen LogP contribution in [0.1, 0.15) is 23.2 Å². The molecule has 1 N–H and O–H groups in total. The molecule has 0 radical (unpaired) electrons. The predicted octanol–water partition coefficient (Wildman–Crippen LogP) is 3.84. The molecule has 0 aliphatic carbocycles. The Morgan fingerprint density at radius 3 is 2.65 bits per heavy atom. The highest BCUT2D eigenvalue weighted by Gasteiger charge is 2.29. The van der Waals surface area contributed by atoms with E-state index in [4.69, 9.17) is 11.6 Å². The van der Waals surface area contributed by atoms with Crippen molar-refractivity contribution in [1.82, 2.24) is 9.88 Å². The molecule has 2 amide bonds. The molecule has 2 heterocycles. The van der Waals surface area contributed by atoms with E-state index in [9.17, 15) is 18.0 Å². The second-order valence-corrected chi connectivity index (χ2v) is 11.0. The highest BCUT2D eigenvalue weighted by Crippen LogP contribution is 2.29. The molecule has 31 heavy (non-hydrogen) atoms. The van der Waals surface area contributed by atoms with Gasteiger partial charge in [-0.2, -0.15) is 0 Å². The van der Waals surface area contributed by atoms with Crippen molar-refractivity contribution in [3.05, 3.63) is 53.1 Å². The second-order valence-electron chi connectivity index (χ2n) is 7.51. The van der Waals surface area contributed by atoms with Crippen LogP contribution in [-0.2, 0) is 14.6 Å². The van der Waals surface area contributed by atoms with Crippen LogP contribution >= 0.6 is 22.9 Å². The minimum atomic E-state index is -3.32. The fourth-order valence-corrected chi connectivity index (χ4v) is 5.30. The molecule has 0 bridgehead atoms. The molecule has 3 aromatic rings. The van der Waals surface area contributed by atoms with Gasteiger partial charge in [0, 0.05) is 29.9 Å². The summed E-state index contributed by atoms with van der Waals surface area (Å²) in [5.74, 6) is -0.665. The summed E-state index contributed by atoms with van der Waals surface area (Å²) in [6.45, 7) is 0.928. The van der Waals surface area contributed by atoms with Crippen LogP contribution in [0, 0.1) is 5.92 Å². The van der Waals surface area contributed by atoms with Crippen LogP contribution in [0.3, 0.4) is 0 Å². The van der Waals surface area contributed by atoms with E-state index in [1.54, 1.807) is 41.3 Å². The first kappa shape index (κ1) is 21.7. The Balaban J connectivity index is 1.45. The van der Waals surface area contributed by atoms with Gasteiger partial charge in [-0.3, -0.25) is 9.59 Å². The van der Waals surface area contributed by atoms with E-state index in [0.29, 0.717) is 45.4 Å². The Morgan fingerprint density at radius 1 is 1.19 bits per heavy atom. The van der Waals surface area contributed by atoms with Gasteiger partial charge in [0.1, 0.15) is 0 Å². The quantitative estimate of drug-likeness (QED) is 0.615. The van der Waals surface area contributed by atoms with Gasteiger partial charge in [0.25, 0.3) is 5.91 Å². The molecule has 1 aromatic heterocycles. The summed E-state index contributed by atoms with van der Waals surface area (Å²) in [5, 5.41) is 3.80. The van der Waals surface area contributed by atoms with Gasteiger partial charge < -0.3 is 10.2 Å². The number of benzene rings is 2. The number of anilines is 1. The maximum Gasteiger partial charge on any atom is 0.253 e. The van der Waals surface area contributed by atoms with E-state index in [1.807, 2.05) is 0 Å². The normalized spacial score (nSPS) is 17.0. The molecule has 0 spiro atoms. The van der Waals surface area contributed by atoms with Crippen LogP contribution in [0.15, 0.2) is 47.4 Å². The molecule has 1 fully saturated rings. The highest BCUT2D eigenvalue weighted by molar-refractivity contribution is 7.90. The topological polar surface area (TPSA) is 96.4 Å². The number of amides is 2. The summed E-state index contributed by atoms with van der Waals surface area (Å²) in [6.07, 6.45) is 2.56. The van der Waals surface area contributed by atoms with Gasteiger partial charge in [0.15, 0.2) is 15.0 Å². The fraction of sp³-hybridized carbons (Fsp3) is 0.286. The Morgan fingerprint density at radius 2 is 1.94 bits per heavy atom. The van der Waals surface area contributed by atoms with Gasteiger partial charge in [-0.05, 0) is 55.3 Å². The van der Waals surface area contributed by atoms with E-state index in [1.165, 1.54) is 17.4 Å². The van der Waals surface area contributed by atoms with Crippen molar-refractivity contribution >= 4 is 59.9 Å². The first-order chi connectivity index (χ1) is 14.7. The zero-order valence-electron chi connectivity index (χ0n) is 16.7. The first-order valence-electron chi connectivity index (χ1n) is 9.67. The lowest BCUT2D eigenvalue weighted by Crippen LogP contribution is -2.43. The summed E-state index contributed by atoms with van der Waals surface area (Å²) >= 11 is 7.12. The van der Waals surface area contributed by atoms with E-state index in [-0.39, 0.29) is 22.6 Å². The third kappa shape index (κ3) is 4.89. The number of hydrogen-bond acceptors (Lipinski definition) is 6. The minimum absolute atomic E-state index is 0.123. The number of rotatable bonds is 4. The lowest BCUT2D eigenvalue weighted by atomic mass is 9.96. The molecule has 0 unspecified atom stereocenters. The number of hydrogen-bond donors (Lipinski definition) is 1. The number of piperidine rings is 1. The molecule has 10 heteroatoms. The zero-order chi connectivity index (χ0) is 22.2. The lowest BCUT2D eigenvalue weighted by molar-refractivity contribution is -0.121. The molecular weight excluding hydrogens is 458 g/mol. The van der Waals surface area contributed by atoms with Gasteiger partial charge in [-0.1, -0.05) is 22.9 Å². The van der Waals surface area contributed by atoms with Gasteiger partial charge in [0.05, 0.1) is 21.0 Å². The molecule has 162 valence electrons. The zero-order valence-corrected chi connectivity index (χ0v) is 19.1. The maximum atomic E-state index is 12.8. The number of carbonyl (C=O) groups excluding carboxylic acids is 2. The van der Waals surface area contributed by atoms with Crippen LogP contribution in [-0.4, -0.2) is 49.5 Å². The van der Waals surface area contributed by atoms with Crippen LogP contribution < -0.4 is 5.32 Å². The van der Waals surface area contributed by atoms with Crippen molar-refractivity contribution in [1.29, 1.82) is 0 Å². The third-order valence-corrected chi connectivity index (χ3v) is 7.48. The van der Waals surface area contributed by atoms with E-state index in [0.717, 1.165) is 12.7 Å². The monoisotopic (exact) mass is 477 g/mol. The Kier molecular flexibility index (Phi) is 6.00. The number of aromatic nitrogens is 1. The summed E-state index contributed by atoms with van der Waals surface area (Å²) in [4.78, 5) is 31.9. The van der Waals surface area contributed by atoms with E-state index >= 15 is 0 Å². The second kappa shape index (κ2) is 8.57. The fourth-order valence-electron chi connectivity index (χ4n) is 3.55. The summed E-state index contributed by atoms with van der Waals surface area (Å²) in [7, 11) is -3.32. The standard InChI is InChI=1S/C21H20ClN3O4S2/c1-31(28,29)16-8-9-17-18(11-16)30-21(23-17)24-19(26)14-3-2-10-25(12-14)20(27)13-4-6-15(22)7-5-13/h4-9,11,14H,2-3,10,12H2,1H3,(H,23,24,26)/t14-/m1/s1. The van der Waals surface area contributed by atoms with Crippen molar-refractivity contribution in [2.75, 3.05) is 24.7 Å². The summed E-state index contributed by atoms with van der Waals surface area (Å²) in [5.41, 5.74) is 1.16. The van der Waals surface area contributed by atoms with Crippen LogP contribution in [0.2, 0.25) is 5.02 Å². The number of likely N-dealkylation sites (tertiary alicyclic amines) is 1. The Hall–Kier alpha value is -2.49. The van der Waals surface area contributed by atoms with Gasteiger partial charge in [0.2, 0.25) is 5.91 Å². The minimum Gasteiger partial charge on any atom is -0.338 e. The predicted molar refractivity (Wildman–Crippen MR) is 121 cm³/mol. The Bertz CT molecular complexity index is 1260. The molecule has 1 saturated heterocycles. The van der Waals surface area contributed by atoms with Crippen molar-refractivity contribution in [2.24, 2.45) is 5.92 Å². The number of halogens is 1. The number of fused-ring (bicyclic) bond motifs is 1. The number of thiazole rings is 1. The Labute approximate surface area is 189 Å². The first-order valence-corrected chi connectivity index (χ1v) is 12.8. The van der Waals surface area contributed by atoms with Gasteiger partial charge >= 0.3 is 0 Å². The van der Waals surface area contributed by atoms with Crippen molar-refractivity contribution in [3.8, 4) is 0 Å². The summed E-state index contributed by atoms with van der Waals surface area (Å²) in [6, 6.07) is 11.4. The molecule has 0 saturated carbocycles. The molecule has 2 aromatic carbocycles. The van der Waals surface area contributed by atoms with Crippen LogP contribution in [0.25, 0.3) is 10.2 Å². The number of carbonyl (C=O) groups is 2. The number of nitrogens with zero attached hydrogens (tertiary/aromatic N) is 2. The summed E-state index contributed by atoms with van der Waals surface area (Å²) < 4.78 is 24.2. The molecule has 4 rings (SSSR count). The highest BCUT2D eigenvalue weighted by atomic mass is 35.5. The maximum absolute atomic E-state index is 12.8. The lowest BCUT2D eigenvalue weighted by Gasteiger charge is -2.32.